The summed E-state index contributed by atoms with van der Waals surface area (Å²) in [5, 5.41) is 0. The van der Waals surface area contributed by atoms with E-state index in [1.54, 1.807) is 11.8 Å². The summed E-state index contributed by atoms with van der Waals surface area (Å²) >= 11 is 1.62. The van der Waals surface area contributed by atoms with Gasteiger partial charge in [-0.15, -0.1) is 11.8 Å². The summed E-state index contributed by atoms with van der Waals surface area (Å²) < 4.78 is 24.3. The van der Waals surface area contributed by atoms with Crippen LogP contribution in [0.1, 0.15) is 52.9 Å². The Hall–Kier alpha value is -0.280. The van der Waals surface area contributed by atoms with Crippen molar-refractivity contribution in [2.24, 2.45) is 0 Å². The lowest BCUT2D eigenvalue weighted by molar-refractivity contribution is 0.217. The van der Waals surface area contributed by atoms with Gasteiger partial charge in [-0.1, -0.05) is 50.8 Å². The molecule has 1 aromatic carbocycles. The highest BCUT2D eigenvalue weighted by Gasteiger charge is 2.35. The maximum Gasteiger partial charge on any atom is 0.343 e. The van der Waals surface area contributed by atoms with E-state index >= 15 is 0 Å². The Bertz CT molecular complexity index is 429. The van der Waals surface area contributed by atoms with Gasteiger partial charge in [0.1, 0.15) is 4.99 Å². The molecule has 1 atom stereocenters. The van der Waals surface area contributed by atoms with Gasteiger partial charge in [0.15, 0.2) is 0 Å². The number of hydrogen-bond acceptors (Lipinski definition) is 4. The first-order valence-electron chi connectivity index (χ1n) is 8.26. The van der Waals surface area contributed by atoms with E-state index in [9.17, 15) is 4.57 Å². The zero-order valence-electron chi connectivity index (χ0n) is 14.0. The zero-order valence-corrected chi connectivity index (χ0v) is 15.7. The monoisotopic (exact) mass is 344 g/mol. The maximum absolute atomic E-state index is 13.1. The first-order chi connectivity index (χ1) is 10.7. The molecule has 1 rings (SSSR count). The van der Waals surface area contributed by atoms with Crippen LogP contribution < -0.4 is 0 Å². The van der Waals surface area contributed by atoms with Gasteiger partial charge < -0.3 is 9.05 Å². The van der Waals surface area contributed by atoms with Crippen molar-refractivity contribution in [3.63, 3.8) is 0 Å². The van der Waals surface area contributed by atoms with Gasteiger partial charge in [0.2, 0.25) is 0 Å². The van der Waals surface area contributed by atoms with Crippen LogP contribution in [0, 0.1) is 0 Å². The van der Waals surface area contributed by atoms with E-state index in [-0.39, 0.29) is 4.99 Å². The molecule has 1 aromatic rings. The number of benzene rings is 1. The molecule has 126 valence electrons. The summed E-state index contributed by atoms with van der Waals surface area (Å²) in [6.07, 6.45) is 5.50. The van der Waals surface area contributed by atoms with E-state index in [0.717, 1.165) is 17.7 Å². The Labute approximate surface area is 139 Å². The minimum absolute atomic E-state index is 0.133. The van der Waals surface area contributed by atoms with Crippen LogP contribution in [-0.2, 0) is 13.6 Å². The van der Waals surface area contributed by atoms with Crippen molar-refractivity contribution in [3.05, 3.63) is 30.3 Å². The molecule has 5 heteroatoms. The summed E-state index contributed by atoms with van der Waals surface area (Å²) in [6, 6.07) is 10.1. The number of unbranched alkanes of at least 4 members (excludes halogenated alkanes) is 3. The molecule has 0 saturated carbocycles. The molecule has 0 N–H and O–H groups in total. The van der Waals surface area contributed by atoms with Gasteiger partial charge in [-0.3, -0.25) is 4.57 Å². The largest absolute Gasteiger partial charge is 0.343 e. The molecule has 0 radical (unpaired) electrons. The zero-order chi connectivity index (χ0) is 16.3. The predicted octanol–water partition coefficient (Wildman–Crippen LogP) is 6.34. The highest BCUT2D eigenvalue weighted by Crippen LogP contribution is 2.60. The lowest BCUT2D eigenvalue weighted by Gasteiger charge is -2.26. The molecule has 0 aliphatic rings. The highest BCUT2D eigenvalue weighted by molar-refractivity contribution is 8.05. The van der Waals surface area contributed by atoms with Gasteiger partial charge >= 0.3 is 7.60 Å². The van der Waals surface area contributed by atoms with Crippen molar-refractivity contribution in [3.8, 4) is 0 Å². The van der Waals surface area contributed by atoms with Crippen LogP contribution in [-0.4, -0.2) is 18.2 Å². The highest BCUT2D eigenvalue weighted by atomic mass is 32.2. The van der Waals surface area contributed by atoms with Gasteiger partial charge in [-0.2, -0.15) is 0 Å². The molecule has 0 heterocycles. The van der Waals surface area contributed by atoms with Gasteiger partial charge in [0.05, 0.1) is 13.2 Å². The fourth-order valence-electron chi connectivity index (χ4n) is 2.25. The number of rotatable bonds is 12. The van der Waals surface area contributed by atoms with Crippen LogP contribution in [0.25, 0.3) is 0 Å². The lowest BCUT2D eigenvalue weighted by atomic mass is 10.2. The van der Waals surface area contributed by atoms with Crippen molar-refractivity contribution < 1.29 is 13.6 Å². The smallest absolute Gasteiger partial charge is 0.308 e. The minimum atomic E-state index is -3.08. The molecule has 0 aromatic heterocycles. The third-order valence-corrected chi connectivity index (χ3v) is 7.63. The topological polar surface area (TPSA) is 35.5 Å². The minimum Gasteiger partial charge on any atom is -0.308 e. The molecule has 0 fully saturated rings. The Kier molecular flexibility index (Phi) is 10.1. The first-order valence-corrected chi connectivity index (χ1v) is 10.8. The molecule has 0 spiro atoms. The Morgan fingerprint density at radius 1 is 1.00 bits per heavy atom. The number of hydrogen-bond donors (Lipinski definition) is 0. The van der Waals surface area contributed by atoms with Crippen LogP contribution in [0.15, 0.2) is 35.2 Å². The van der Waals surface area contributed by atoms with Crippen LogP contribution in [0.5, 0.6) is 0 Å². The summed E-state index contributed by atoms with van der Waals surface area (Å²) in [6.45, 7) is 6.76. The first kappa shape index (κ1) is 19.8. The van der Waals surface area contributed by atoms with Gasteiger partial charge in [-0.05, 0) is 32.4 Å². The quantitative estimate of drug-likeness (QED) is 0.252. The Morgan fingerprint density at radius 2 is 1.64 bits per heavy atom. The molecular weight excluding hydrogens is 315 g/mol. The van der Waals surface area contributed by atoms with Crippen molar-refractivity contribution in [2.75, 3.05) is 13.2 Å². The second kappa shape index (κ2) is 11.3. The second-order valence-electron chi connectivity index (χ2n) is 5.11. The molecule has 0 amide bonds. The van der Waals surface area contributed by atoms with E-state index in [2.05, 4.69) is 6.92 Å². The number of thioether (sulfide) groups is 1. The van der Waals surface area contributed by atoms with E-state index in [0.29, 0.717) is 13.2 Å². The maximum atomic E-state index is 13.1. The Morgan fingerprint density at radius 3 is 2.18 bits per heavy atom. The molecular formula is C17H29O3PS. The fourth-order valence-corrected chi connectivity index (χ4v) is 6.03. The Balaban J connectivity index is 2.80. The van der Waals surface area contributed by atoms with Crippen LogP contribution >= 0.6 is 19.4 Å². The molecule has 3 nitrogen and oxygen atoms in total. The van der Waals surface area contributed by atoms with E-state index in [1.807, 2.05) is 44.2 Å². The van der Waals surface area contributed by atoms with Crippen molar-refractivity contribution in [1.29, 1.82) is 0 Å². The average molecular weight is 344 g/mol. The van der Waals surface area contributed by atoms with E-state index < -0.39 is 7.60 Å². The van der Waals surface area contributed by atoms with Gasteiger partial charge in [0.25, 0.3) is 0 Å². The average Bonchev–Trinajstić information content (AvgIpc) is 2.52. The third kappa shape index (κ3) is 6.87. The molecule has 0 aliphatic heterocycles. The third-order valence-electron chi connectivity index (χ3n) is 3.29. The molecule has 0 saturated heterocycles. The predicted molar refractivity (Wildman–Crippen MR) is 95.7 cm³/mol. The van der Waals surface area contributed by atoms with Crippen LogP contribution in [0.3, 0.4) is 0 Å². The summed E-state index contributed by atoms with van der Waals surface area (Å²) in [5.74, 6) is 0. The van der Waals surface area contributed by atoms with Crippen molar-refractivity contribution >= 4 is 19.4 Å². The van der Waals surface area contributed by atoms with Crippen molar-refractivity contribution in [2.45, 2.75) is 62.8 Å². The molecule has 0 bridgehead atoms. The van der Waals surface area contributed by atoms with E-state index in [1.165, 1.54) is 19.3 Å². The molecule has 1 unspecified atom stereocenters. The van der Waals surface area contributed by atoms with Crippen LogP contribution in [0.4, 0.5) is 0 Å². The SMILES string of the molecule is CCCCCCC(Sc1ccccc1)P(=O)(OCC)OCC. The standard InChI is InChI=1S/C17H29O3PS/c1-4-7-8-12-15-17(21(18,19-5-2)20-6-3)22-16-13-10-9-11-14-16/h9-11,13-14,17H,4-8,12,15H2,1-3H3. The van der Waals surface area contributed by atoms with Gasteiger partial charge in [0, 0.05) is 4.90 Å². The normalized spacial score (nSPS) is 13.2. The lowest BCUT2D eigenvalue weighted by Crippen LogP contribution is -2.10. The summed E-state index contributed by atoms with van der Waals surface area (Å²) in [4.78, 5) is 0.981. The molecule has 22 heavy (non-hydrogen) atoms. The van der Waals surface area contributed by atoms with Crippen LogP contribution in [0.2, 0.25) is 0 Å². The molecule has 0 aliphatic carbocycles. The fraction of sp³-hybridized carbons (Fsp3) is 0.647. The van der Waals surface area contributed by atoms with E-state index in [4.69, 9.17) is 9.05 Å². The second-order valence-corrected chi connectivity index (χ2v) is 8.96. The van der Waals surface area contributed by atoms with Gasteiger partial charge in [-0.25, -0.2) is 0 Å². The summed E-state index contributed by atoms with van der Waals surface area (Å²) in [7, 11) is -3.08. The van der Waals surface area contributed by atoms with Crippen molar-refractivity contribution in [1.82, 2.24) is 0 Å². The summed E-state index contributed by atoms with van der Waals surface area (Å²) in [5.41, 5.74) is 0.